The van der Waals surface area contributed by atoms with Gasteiger partial charge in [-0.1, -0.05) is 20.8 Å². The summed E-state index contributed by atoms with van der Waals surface area (Å²) < 4.78 is 0. The average molecular weight is 194 g/mol. The molecule has 0 amide bonds. The summed E-state index contributed by atoms with van der Waals surface area (Å²) in [6, 6.07) is 0.318. The first kappa shape index (κ1) is 10.8. The minimum atomic E-state index is 0.187. The van der Waals surface area contributed by atoms with Crippen LogP contribution in [-0.4, -0.2) is 16.0 Å². The van der Waals surface area contributed by atoms with Gasteiger partial charge < -0.3 is 11.1 Å². The van der Waals surface area contributed by atoms with Crippen LogP contribution in [-0.2, 0) is 0 Å². The maximum Gasteiger partial charge on any atom is 0.147 e. The van der Waals surface area contributed by atoms with Crippen molar-refractivity contribution < 1.29 is 0 Å². The predicted octanol–water partition coefficient (Wildman–Crippen LogP) is 1.91. The van der Waals surface area contributed by atoms with Crippen LogP contribution in [0.5, 0.6) is 0 Å². The molecule has 1 rings (SSSR count). The van der Waals surface area contributed by atoms with Gasteiger partial charge in [0.15, 0.2) is 0 Å². The van der Waals surface area contributed by atoms with Crippen LogP contribution < -0.4 is 11.1 Å². The molecule has 4 heteroatoms. The van der Waals surface area contributed by atoms with Crippen molar-refractivity contribution in [1.82, 2.24) is 9.97 Å². The van der Waals surface area contributed by atoms with Crippen molar-refractivity contribution in [1.29, 1.82) is 0 Å². The summed E-state index contributed by atoms with van der Waals surface area (Å²) in [5, 5.41) is 3.27. The van der Waals surface area contributed by atoms with E-state index in [1.54, 1.807) is 6.20 Å². The summed E-state index contributed by atoms with van der Waals surface area (Å²) in [5.74, 6) is 1.17. The van der Waals surface area contributed by atoms with E-state index in [2.05, 4.69) is 43.0 Å². The average Bonchev–Trinajstić information content (AvgIpc) is 2.02. The second-order valence-electron chi connectivity index (χ2n) is 4.56. The molecule has 0 spiro atoms. The van der Waals surface area contributed by atoms with Gasteiger partial charge in [-0.15, -0.1) is 0 Å². The first-order chi connectivity index (χ1) is 6.39. The maximum absolute atomic E-state index is 5.53. The van der Waals surface area contributed by atoms with Crippen molar-refractivity contribution in [3.05, 3.63) is 12.4 Å². The van der Waals surface area contributed by atoms with Crippen molar-refractivity contribution in [3.63, 3.8) is 0 Å². The van der Waals surface area contributed by atoms with E-state index in [4.69, 9.17) is 5.73 Å². The summed E-state index contributed by atoms with van der Waals surface area (Å²) in [4.78, 5) is 8.10. The number of nitrogens with one attached hydrogen (secondary N) is 1. The van der Waals surface area contributed by atoms with Gasteiger partial charge in [-0.25, -0.2) is 4.98 Å². The van der Waals surface area contributed by atoms with Crippen LogP contribution in [0, 0.1) is 5.41 Å². The van der Waals surface area contributed by atoms with Crippen molar-refractivity contribution in [3.8, 4) is 0 Å². The third-order valence-electron chi connectivity index (χ3n) is 2.32. The van der Waals surface area contributed by atoms with Gasteiger partial charge in [-0.3, -0.25) is 4.98 Å². The lowest BCUT2D eigenvalue weighted by Gasteiger charge is -2.28. The molecule has 1 aromatic heterocycles. The standard InChI is InChI=1S/C10H18N4/c1-7(10(2,3)4)13-9-6-12-5-8(11)14-9/h5-7H,1-4H3,(H3,11,13,14). The van der Waals surface area contributed by atoms with E-state index in [0.717, 1.165) is 5.82 Å². The molecule has 4 nitrogen and oxygen atoms in total. The number of nitrogens with zero attached hydrogens (tertiary/aromatic N) is 2. The van der Waals surface area contributed by atoms with Crippen molar-refractivity contribution >= 4 is 11.6 Å². The predicted molar refractivity (Wildman–Crippen MR) is 59.0 cm³/mol. The third-order valence-corrected chi connectivity index (χ3v) is 2.32. The van der Waals surface area contributed by atoms with Gasteiger partial charge in [0, 0.05) is 6.04 Å². The molecule has 0 aliphatic carbocycles. The Kier molecular flexibility index (Phi) is 2.93. The molecular formula is C10H18N4. The molecule has 1 heterocycles. The van der Waals surface area contributed by atoms with Gasteiger partial charge >= 0.3 is 0 Å². The molecular weight excluding hydrogens is 176 g/mol. The number of nitrogen functional groups attached to an aromatic ring is 1. The lowest BCUT2D eigenvalue weighted by atomic mass is 9.88. The molecule has 0 saturated carbocycles. The largest absolute Gasteiger partial charge is 0.382 e. The van der Waals surface area contributed by atoms with Crippen molar-refractivity contribution in [2.45, 2.75) is 33.7 Å². The highest BCUT2D eigenvalue weighted by molar-refractivity contribution is 5.39. The summed E-state index contributed by atoms with van der Waals surface area (Å²) in [7, 11) is 0. The van der Waals surface area contributed by atoms with Crippen LogP contribution in [0.4, 0.5) is 11.6 Å². The van der Waals surface area contributed by atoms with Crippen LogP contribution in [0.1, 0.15) is 27.7 Å². The number of rotatable bonds is 2. The first-order valence-electron chi connectivity index (χ1n) is 4.73. The van der Waals surface area contributed by atoms with E-state index < -0.39 is 0 Å². The second kappa shape index (κ2) is 3.82. The molecule has 1 aromatic rings. The van der Waals surface area contributed by atoms with Gasteiger partial charge in [-0.2, -0.15) is 0 Å². The molecule has 0 saturated heterocycles. The highest BCUT2D eigenvalue weighted by Gasteiger charge is 2.19. The van der Waals surface area contributed by atoms with Gasteiger partial charge in [0.05, 0.1) is 12.4 Å². The molecule has 14 heavy (non-hydrogen) atoms. The zero-order valence-corrected chi connectivity index (χ0v) is 9.20. The smallest absolute Gasteiger partial charge is 0.147 e. The van der Waals surface area contributed by atoms with Gasteiger partial charge in [0.1, 0.15) is 11.6 Å². The Morgan fingerprint density at radius 3 is 2.50 bits per heavy atom. The van der Waals surface area contributed by atoms with E-state index in [1.807, 2.05) is 0 Å². The Hall–Kier alpha value is -1.32. The minimum absolute atomic E-state index is 0.187. The summed E-state index contributed by atoms with van der Waals surface area (Å²) >= 11 is 0. The number of hydrogen-bond acceptors (Lipinski definition) is 4. The molecule has 0 aliphatic rings. The fraction of sp³-hybridized carbons (Fsp3) is 0.600. The van der Waals surface area contributed by atoms with E-state index in [1.165, 1.54) is 6.20 Å². The Morgan fingerprint density at radius 2 is 2.00 bits per heavy atom. The minimum Gasteiger partial charge on any atom is -0.382 e. The fourth-order valence-corrected chi connectivity index (χ4v) is 0.889. The van der Waals surface area contributed by atoms with Gasteiger partial charge in [0.25, 0.3) is 0 Å². The van der Waals surface area contributed by atoms with Crippen molar-refractivity contribution in [2.75, 3.05) is 11.1 Å². The van der Waals surface area contributed by atoms with E-state index in [0.29, 0.717) is 11.9 Å². The normalized spacial score (nSPS) is 13.7. The zero-order chi connectivity index (χ0) is 10.8. The summed E-state index contributed by atoms with van der Waals surface area (Å²) in [5.41, 5.74) is 5.72. The zero-order valence-electron chi connectivity index (χ0n) is 9.20. The van der Waals surface area contributed by atoms with Crippen LogP contribution in [0.3, 0.4) is 0 Å². The van der Waals surface area contributed by atoms with Crippen molar-refractivity contribution in [2.24, 2.45) is 5.41 Å². The Labute approximate surface area is 85.0 Å². The second-order valence-corrected chi connectivity index (χ2v) is 4.56. The summed E-state index contributed by atoms with van der Waals surface area (Å²) in [6.45, 7) is 8.63. The molecule has 0 aliphatic heterocycles. The molecule has 78 valence electrons. The van der Waals surface area contributed by atoms with E-state index in [-0.39, 0.29) is 5.41 Å². The lowest BCUT2D eigenvalue weighted by molar-refractivity contribution is 0.358. The summed E-state index contributed by atoms with van der Waals surface area (Å²) in [6.07, 6.45) is 3.21. The molecule has 1 unspecified atom stereocenters. The third kappa shape index (κ3) is 2.87. The number of anilines is 2. The number of aromatic nitrogens is 2. The quantitative estimate of drug-likeness (QED) is 0.754. The van der Waals surface area contributed by atoms with Crippen LogP contribution in [0.2, 0.25) is 0 Å². The van der Waals surface area contributed by atoms with E-state index >= 15 is 0 Å². The Bertz CT molecular complexity index is 303. The van der Waals surface area contributed by atoms with Crippen LogP contribution in [0.15, 0.2) is 12.4 Å². The van der Waals surface area contributed by atoms with Gasteiger partial charge in [0.2, 0.25) is 0 Å². The monoisotopic (exact) mass is 194 g/mol. The molecule has 0 bridgehead atoms. The van der Waals surface area contributed by atoms with E-state index in [9.17, 15) is 0 Å². The number of hydrogen-bond donors (Lipinski definition) is 2. The highest BCUT2D eigenvalue weighted by Crippen LogP contribution is 2.21. The molecule has 0 radical (unpaired) electrons. The molecule has 0 aromatic carbocycles. The molecule has 1 atom stereocenters. The number of nitrogens with two attached hydrogens (primary N) is 1. The first-order valence-corrected chi connectivity index (χ1v) is 4.73. The highest BCUT2D eigenvalue weighted by atomic mass is 15.1. The Balaban J connectivity index is 2.70. The van der Waals surface area contributed by atoms with Crippen LogP contribution >= 0.6 is 0 Å². The SMILES string of the molecule is CC(Nc1cncc(N)n1)C(C)(C)C. The fourth-order valence-electron chi connectivity index (χ4n) is 0.889. The lowest BCUT2D eigenvalue weighted by Crippen LogP contribution is -2.31. The molecule has 3 N–H and O–H groups in total. The Morgan fingerprint density at radius 1 is 1.36 bits per heavy atom. The maximum atomic E-state index is 5.53. The van der Waals surface area contributed by atoms with Gasteiger partial charge in [-0.05, 0) is 12.3 Å². The molecule has 0 fully saturated rings. The van der Waals surface area contributed by atoms with Crippen LogP contribution in [0.25, 0.3) is 0 Å². The topological polar surface area (TPSA) is 63.8 Å².